The van der Waals surface area contributed by atoms with Crippen LogP contribution in [-0.2, 0) is 51.3 Å². The van der Waals surface area contributed by atoms with Crippen molar-refractivity contribution in [2.75, 3.05) is 21.1 Å². The van der Waals surface area contributed by atoms with Gasteiger partial charge in [-0.3, -0.25) is 28.8 Å². The van der Waals surface area contributed by atoms with E-state index in [1.54, 1.807) is 64.2 Å². The molecule has 3 N–H and O–H groups in total. The van der Waals surface area contributed by atoms with E-state index in [-0.39, 0.29) is 25.2 Å². The van der Waals surface area contributed by atoms with Gasteiger partial charge in [-0.25, -0.2) is 4.79 Å². The van der Waals surface area contributed by atoms with Gasteiger partial charge in [0.05, 0.1) is 18.9 Å². The number of aryl methyl sites for hydroxylation is 1. The Labute approximate surface area is 379 Å². The molecule has 0 saturated carbocycles. The normalized spacial score (nSPS) is 24.3. The summed E-state index contributed by atoms with van der Waals surface area (Å²) >= 11 is 0. The summed E-state index contributed by atoms with van der Waals surface area (Å²) in [6, 6.07) is -2.59. The molecule has 0 aliphatic carbocycles. The summed E-state index contributed by atoms with van der Waals surface area (Å²) in [5.41, 5.74) is 1.23. The number of rotatable bonds is 11. The molecule has 16 nitrogen and oxygen atoms in total. The van der Waals surface area contributed by atoms with Crippen LogP contribution in [0.15, 0.2) is 30.5 Å². The number of esters is 1. The number of alkyl halides is 6. The number of hydrogen-bond donors (Lipinski definition) is 3. The summed E-state index contributed by atoms with van der Waals surface area (Å²) in [4.78, 5) is 101. The van der Waals surface area contributed by atoms with Crippen LogP contribution in [0.25, 0.3) is 10.9 Å². The van der Waals surface area contributed by atoms with Gasteiger partial charge < -0.3 is 40.0 Å². The minimum absolute atomic E-state index is 0.0600. The van der Waals surface area contributed by atoms with Crippen LogP contribution >= 0.6 is 0 Å². The zero-order valence-corrected chi connectivity index (χ0v) is 38.5. The molecule has 2 aromatic rings. The van der Waals surface area contributed by atoms with Crippen molar-refractivity contribution in [2.45, 2.75) is 148 Å². The third-order valence-electron chi connectivity index (χ3n) is 11.3. The van der Waals surface area contributed by atoms with E-state index >= 15 is 0 Å². The van der Waals surface area contributed by atoms with E-state index in [2.05, 4.69) is 10.6 Å². The lowest BCUT2D eigenvalue weighted by atomic mass is 9.98. The van der Waals surface area contributed by atoms with Crippen LogP contribution < -0.4 is 16.0 Å². The maximum Gasteiger partial charge on any atom is 0.391 e. The largest absolute Gasteiger partial charge is 0.451 e. The van der Waals surface area contributed by atoms with Crippen molar-refractivity contribution in [3.63, 3.8) is 0 Å². The number of ether oxygens (including phenoxy) is 1. The first-order chi connectivity index (χ1) is 30.6. The molecule has 0 bridgehead atoms. The first-order valence-electron chi connectivity index (χ1n) is 21.6. The van der Waals surface area contributed by atoms with E-state index in [4.69, 9.17) is 4.74 Å². The first-order valence-corrected chi connectivity index (χ1v) is 21.6. The molecular formula is C44H60F6N8O8. The highest BCUT2D eigenvalue weighted by molar-refractivity contribution is 5.98. The second-order valence-electron chi connectivity index (χ2n) is 17.4. The van der Waals surface area contributed by atoms with Gasteiger partial charge in [0.25, 0.3) is 5.91 Å². The van der Waals surface area contributed by atoms with Gasteiger partial charge in [-0.1, -0.05) is 45.9 Å². The van der Waals surface area contributed by atoms with Crippen LogP contribution in [0.1, 0.15) is 85.6 Å². The Morgan fingerprint density at radius 3 is 1.71 bits per heavy atom. The Bertz CT molecular complexity index is 2120. The van der Waals surface area contributed by atoms with Crippen LogP contribution in [0.2, 0.25) is 0 Å². The number of carbonyl (C=O) groups is 7. The number of nitrogens with one attached hydrogen (secondary N) is 3. The Hall–Kier alpha value is -5.88. The van der Waals surface area contributed by atoms with Crippen molar-refractivity contribution < 1.29 is 64.6 Å². The highest BCUT2D eigenvalue weighted by Gasteiger charge is 2.45. The maximum absolute atomic E-state index is 14.6. The van der Waals surface area contributed by atoms with Crippen molar-refractivity contribution in [3.8, 4) is 6.07 Å². The molecule has 6 amide bonds. The average molecular weight is 943 g/mol. The van der Waals surface area contributed by atoms with Crippen molar-refractivity contribution in [1.82, 2.24) is 35.2 Å². The van der Waals surface area contributed by atoms with Gasteiger partial charge in [0.15, 0.2) is 6.10 Å². The number of aromatic nitrogens is 1. The Morgan fingerprint density at radius 1 is 0.712 bits per heavy atom. The van der Waals surface area contributed by atoms with Crippen LogP contribution in [0.3, 0.4) is 0 Å². The number of halogens is 6. The summed E-state index contributed by atoms with van der Waals surface area (Å²) in [7, 11) is 3.12. The zero-order valence-electron chi connectivity index (χ0n) is 38.5. The van der Waals surface area contributed by atoms with E-state index in [0.717, 1.165) is 29.4 Å². The number of hydrogen-bond acceptors (Lipinski definition) is 9. The minimum atomic E-state index is -5.14. The van der Waals surface area contributed by atoms with Crippen LogP contribution in [0.4, 0.5) is 26.3 Å². The fourth-order valence-electron chi connectivity index (χ4n) is 7.68. The lowest BCUT2D eigenvalue weighted by molar-refractivity contribution is -0.166. The van der Waals surface area contributed by atoms with Crippen LogP contribution in [-0.4, -0.2) is 137 Å². The van der Waals surface area contributed by atoms with Gasteiger partial charge >= 0.3 is 18.3 Å². The third-order valence-corrected chi connectivity index (χ3v) is 11.3. The maximum atomic E-state index is 14.6. The van der Waals surface area contributed by atoms with E-state index in [0.29, 0.717) is 22.4 Å². The second kappa shape index (κ2) is 23.0. The van der Waals surface area contributed by atoms with E-state index in [9.17, 15) is 65.2 Å². The van der Waals surface area contributed by atoms with Gasteiger partial charge in [-0.15, -0.1) is 0 Å². The summed E-state index contributed by atoms with van der Waals surface area (Å²) in [6.07, 6.45) is -16.3. The standard InChI is InChI=1S/C44H60F6N8O8/c1-10-58-23-27(28-14-11-12-15-32(28)58)20-34-37(60)52-29(18-24(2)3)39(62)55(7)26(6)42(65)66-35(16-13-17-51)38(61)54-31(22-44(48,49)50)41(64)56(8)33(19-25(4)5)36(59)53-30(21-43(45,46)47)40(63)57(34)9/h11-12,14-15,23-26,29-31,33-35H,10,13,16,18-22H2,1-9H3,(H,52,60)(H,53,59)(H,54,61)/t26-,29-,30?,31-,33-,34-,35+/m0/s1. The van der Waals surface area contributed by atoms with Crippen molar-refractivity contribution in [3.05, 3.63) is 36.0 Å². The molecule has 366 valence electrons. The highest BCUT2D eigenvalue weighted by Crippen LogP contribution is 2.28. The molecule has 1 aromatic carbocycles. The molecule has 1 aliphatic heterocycles. The lowest BCUT2D eigenvalue weighted by Crippen LogP contribution is -2.61. The minimum Gasteiger partial charge on any atom is -0.451 e. The molecule has 7 atom stereocenters. The van der Waals surface area contributed by atoms with Gasteiger partial charge in [0, 0.05) is 64.1 Å². The second-order valence-corrected chi connectivity index (χ2v) is 17.4. The first kappa shape index (κ1) is 54.5. The van der Waals surface area contributed by atoms with Crippen LogP contribution in [0, 0.1) is 23.2 Å². The summed E-state index contributed by atoms with van der Waals surface area (Å²) in [5, 5.41) is 16.5. The number of cyclic esters (lactones) is 1. The van der Waals surface area contributed by atoms with Gasteiger partial charge in [-0.05, 0) is 50.2 Å². The number of para-hydroxylation sites is 1. The van der Waals surface area contributed by atoms with E-state index in [1.807, 2.05) is 16.8 Å². The number of benzene rings is 1. The Morgan fingerprint density at radius 2 is 1.20 bits per heavy atom. The van der Waals surface area contributed by atoms with E-state index < -0.39 is 128 Å². The molecule has 1 saturated heterocycles. The molecular weight excluding hydrogens is 883 g/mol. The van der Waals surface area contributed by atoms with Gasteiger partial charge in [0.2, 0.25) is 29.5 Å². The molecule has 22 heteroatoms. The third kappa shape index (κ3) is 14.8. The molecule has 1 fully saturated rings. The molecule has 2 heterocycles. The Balaban J connectivity index is 2.33. The fourth-order valence-corrected chi connectivity index (χ4v) is 7.68. The molecule has 1 unspecified atom stereocenters. The predicted octanol–water partition coefficient (Wildman–Crippen LogP) is 4.39. The fraction of sp³-hybridized carbons (Fsp3) is 0.636. The monoisotopic (exact) mass is 942 g/mol. The van der Waals surface area contributed by atoms with Crippen molar-refractivity contribution in [2.24, 2.45) is 11.8 Å². The van der Waals surface area contributed by atoms with Crippen LogP contribution in [0.5, 0.6) is 0 Å². The predicted molar refractivity (Wildman–Crippen MR) is 227 cm³/mol. The SMILES string of the molecule is CCn1cc(C[C@H]2C(=O)N[C@@H](CC(C)C)C(=O)N(C)[C@@H](C)C(=O)O[C@H](CCC#N)C(=O)N[C@@H](CC(F)(F)F)C(=O)N(C)[C@@H](CC(C)C)C(=O)NC(CC(F)(F)F)C(=O)N2C)c2ccccc21. The topological polar surface area (TPSA) is 203 Å². The van der Waals surface area contributed by atoms with Crippen molar-refractivity contribution >= 4 is 52.3 Å². The van der Waals surface area contributed by atoms with Crippen molar-refractivity contribution in [1.29, 1.82) is 5.26 Å². The summed E-state index contributed by atoms with van der Waals surface area (Å²) in [6.45, 7) is 10.1. The Kier molecular flexibility index (Phi) is 19.0. The quantitative estimate of drug-likeness (QED) is 0.216. The summed E-state index contributed by atoms with van der Waals surface area (Å²) in [5.74, 6) is -9.69. The van der Waals surface area contributed by atoms with Gasteiger partial charge in [-0.2, -0.15) is 31.6 Å². The highest BCUT2D eigenvalue weighted by atomic mass is 19.4. The number of nitrogens with zero attached hydrogens (tertiary/aromatic N) is 5. The number of likely N-dealkylation sites (N-methyl/N-ethyl adjacent to an activating group) is 3. The van der Waals surface area contributed by atoms with E-state index in [1.165, 1.54) is 14.0 Å². The molecule has 66 heavy (non-hydrogen) atoms. The average Bonchev–Trinajstić information content (AvgIpc) is 3.59. The lowest BCUT2D eigenvalue weighted by Gasteiger charge is -2.35. The van der Waals surface area contributed by atoms with Gasteiger partial charge in [0.1, 0.15) is 36.3 Å². The molecule has 1 aromatic heterocycles. The number of carbonyl (C=O) groups excluding carboxylic acids is 7. The molecule has 3 rings (SSSR count). The number of fused-ring (bicyclic) bond motifs is 1. The zero-order chi connectivity index (χ0) is 50.0. The molecule has 0 spiro atoms. The molecule has 0 radical (unpaired) electrons. The molecule has 1 aliphatic rings. The summed E-state index contributed by atoms with van der Waals surface area (Å²) < 4.78 is 92.5. The number of nitriles is 1. The smallest absolute Gasteiger partial charge is 0.391 e. The number of amides is 6.